The van der Waals surface area contributed by atoms with Gasteiger partial charge in [-0.15, -0.1) is 0 Å². The van der Waals surface area contributed by atoms with Gasteiger partial charge in [-0.2, -0.15) is 13.2 Å². The SMILES string of the molecule is C=C(C(=C(C)C)C1=C(C)CCCCC1)N(C(=C)C(F)(F)F)c1ccccc1. The average Bonchev–Trinajstić information content (AvgIpc) is 2.80. The summed E-state index contributed by atoms with van der Waals surface area (Å²) in [6, 6.07) is 8.52. The summed E-state index contributed by atoms with van der Waals surface area (Å²) in [6.45, 7) is 13.4. The molecule has 0 fully saturated rings. The van der Waals surface area contributed by atoms with Crippen LogP contribution in [0.1, 0.15) is 52.9 Å². The molecule has 0 radical (unpaired) electrons. The maximum absolute atomic E-state index is 13.6. The quantitative estimate of drug-likeness (QED) is 0.477. The van der Waals surface area contributed by atoms with Crippen molar-refractivity contribution in [1.29, 1.82) is 0 Å². The van der Waals surface area contributed by atoms with Crippen LogP contribution in [0.3, 0.4) is 0 Å². The van der Waals surface area contributed by atoms with E-state index in [1.165, 1.54) is 5.57 Å². The molecule has 1 aliphatic rings. The second-order valence-electron chi connectivity index (χ2n) is 7.26. The molecular weight excluding hydrogens is 347 g/mol. The van der Waals surface area contributed by atoms with Crippen LogP contribution in [0.15, 0.2) is 77.2 Å². The third-order valence-corrected chi connectivity index (χ3v) is 4.97. The Kier molecular flexibility index (Phi) is 6.74. The highest BCUT2D eigenvalue weighted by Crippen LogP contribution is 2.40. The van der Waals surface area contributed by atoms with Gasteiger partial charge in [0.15, 0.2) is 0 Å². The van der Waals surface area contributed by atoms with Crippen LogP contribution in [-0.4, -0.2) is 6.18 Å². The fourth-order valence-corrected chi connectivity index (χ4v) is 3.63. The minimum absolute atomic E-state index is 0.333. The van der Waals surface area contributed by atoms with Crippen LogP contribution < -0.4 is 4.90 Å². The Morgan fingerprint density at radius 3 is 2.11 bits per heavy atom. The number of allylic oxidation sites excluding steroid dienone is 4. The van der Waals surface area contributed by atoms with E-state index in [-0.39, 0.29) is 0 Å². The molecule has 0 heterocycles. The van der Waals surface area contributed by atoms with Gasteiger partial charge in [-0.1, -0.05) is 48.9 Å². The number of anilines is 1. The van der Waals surface area contributed by atoms with Gasteiger partial charge in [-0.3, -0.25) is 0 Å². The molecule has 0 atom stereocenters. The van der Waals surface area contributed by atoms with Gasteiger partial charge in [0.05, 0.1) is 0 Å². The molecule has 0 unspecified atom stereocenters. The zero-order chi connectivity index (χ0) is 20.2. The van der Waals surface area contributed by atoms with Crippen molar-refractivity contribution in [1.82, 2.24) is 0 Å². The number of hydrogen-bond acceptors (Lipinski definition) is 1. The molecule has 0 aliphatic heterocycles. The number of nitrogens with zero attached hydrogens (tertiary/aromatic N) is 1. The maximum atomic E-state index is 13.6. The second kappa shape index (κ2) is 8.64. The summed E-state index contributed by atoms with van der Waals surface area (Å²) in [7, 11) is 0. The summed E-state index contributed by atoms with van der Waals surface area (Å²) in [5, 5.41) is 0. The molecule has 0 amide bonds. The zero-order valence-corrected chi connectivity index (χ0v) is 16.4. The smallest absolute Gasteiger partial charge is 0.307 e. The molecule has 0 spiro atoms. The van der Waals surface area contributed by atoms with Gasteiger partial charge < -0.3 is 4.90 Å². The zero-order valence-electron chi connectivity index (χ0n) is 16.4. The number of alkyl halides is 3. The van der Waals surface area contributed by atoms with E-state index in [0.29, 0.717) is 11.4 Å². The van der Waals surface area contributed by atoms with E-state index in [2.05, 4.69) is 20.1 Å². The Bertz CT molecular complexity index is 763. The van der Waals surface area contributed by atoms with Gasteiger partial charge in [-0.25, -0.2) is 0 Å². The highest BCUT2D eigenvalue weighted by molar-refractivity contribution is 5.66. The first-order chi connectivity index (χ1) is 12.6. The summed E-state index contributed by atoms with van der Waals surface area (Å²) in [5.41, 5.74) is 3.99. The molecule has 0 saturated heterocycles. The summed E-state index contributed by atoms with van der Waals surface area (Å²) in [5.74, 6) is 0. The molecule has 1 nitrogen and oxygen atoms in total. The van der Waals surface area contributed by atoms with Gasteiger partial charge in [0.25, 0.3) is 0 Å². The topological polar surface area (TPSA) is 3.24 Å². The third kappa shape index (κ3) is 4.94. The highest BCUT2D eigenvalue weighted by Gasteiger charge is 2.38. The van der Waals surface area contributed by atoms with E-state index in [1.54, 1.807) is 30.3 Å². The number of rotatable bonds is 5. The van der Waals surface area contributed by atoms with Crippen molar-refractivity contribution < 1.29 is 13.2 Å². The van der Waals surface area contributed by atoms with Crippen LogP contribution in [-0.2, 0) is 0 Å². The van der Waals surface area contributed by atoms with Crippen LogP contribution in [0.4, 0.5) is 18.9 Å². The van der Waals surface area contributed by atoms with Crippen molar-refractivity contribution in [2.24, 2.45) is 0 Å². The van der Waals surface area contributed by atoms with Crippen molar-refractivity contribution in [3.63, 3.8) is 0 Å². The fourth-order valence-electron chi connectivity index (χ4n) is 3.63. The van der Waals surface area contributed by atoms with Crippen LogP contribution in [0.2, 0.25) is 0 Å². The minimum atomic E-state index is -4.54. The lowest BCUT2D eigenvalue weighted by Gasteiger charge is -2.32. The van der Waals surface area contributed by atoms with Crippen LogP contribution in [0.5, 0.6) is 0 Å². The lowest BCUT2D eigenvalue weighted by molar-refractivity contribution is -0.0923. The average molecular weight is 375 g/mol. The largest absolute Gasteiger partial charge is 0.431 e. The second-order valence-corrected chi connectivity index (χ2v) is 7.26. The van der Waals surface area contributed by atoms with Gasteiger partial charge >= 0.3 is 6.18 Å². The van der Waals surface area contributed by atoms with Gasteiger partial charge in [0.2, 0.25) is 0 Å². The van der Waals surface area contributed by atoms with Crippen LogP contribution in [0, 0.1) is 0 Å². The minimum Gasteiger partial charge on any atom is -0.307 e. The molecule has 4 heteroatoms. The molecule has 0 N–H and O–H groups in total. The third-order valence-electron chi connectivity index (χ3n) is 4.97. The first-order valence-electron chi connectivity index (χ1n) is 9.31. The van der Waals surface area contributed by atoms with Gasteiger partial charge in [-0.05, 0) is 69.7 Å². The first kappa shape index (κ1) is 21.1. The van der Waals surface area contributed by atoms with E-state index >= 15 is 0 Å². The predicted molar refractivity (Wildman–Crippen MR) is 107 cm³/mol. The van der Waals surface area contributed by atoms with E-state index in [9.17, 15) is 13.2 Å². The Hall–Kier alpha value is -2.23. The Labute approximate surface area is 160 Å². The predicted octanol–water partition coefficient (Wildman–Crippen LogP) is 7.70. The molecule has 1 aliphatic carbocycles. The number of benzene rings is 1. The molecule has 27 heavy (non-hydrogen) atoms. The molecule has 0 bridgehead atoms. The summed E-state index contributed by atoms with van der Waals surface area (Å²) in [4.78, 5) is 1.15. The maximum Gasteiger partial charge on any atom is 0.431 e. The van der Waals surface area contributed by atoms with Gasteiger partial charge in [0, 0.05) is 11.4 Å². The van der Waals surface area contributed by atoms with Crippen molar-refractivity contribution >= 4 is 5.69 Å². The summed E-state index contributed by atoms with van der Waals surface area (Å²) in [6.07, 6.45) is 0.606. The van der Waals surface area contributed by atoms with Gasteiger partial charge in [0.1, 0.15) is 5.70 Å². The molecule has 1 aromatic rings. The summed E-state index contributed by atoms with van der Waals surface area (Å²) < 4.78 is 40.7. The Balaban J connectivity index is 2.58. The summed E-state index contributed by atoms with van der Waals surface area (Å²) >= 11 is 0. The number of para-hydroxylation sites is 1. The van der Waals surface area contributed by atoms with Crippen molar-refractivity contribution in [3.05, 3.63) is 77.2 Å². The molecular formula is C23H28F3N. The fraction of sp³-hybridized carbons (Fsp3) is 0.391. The lowest BCUT2D eigenvalue weighted by atomic mass is 9.90. The molecule has 1 aromatic carbocycles. The number of halogens is 3. The lowest BCUT2D eigenvalue weighted by Crippen LogP contribution is -2.31. The Morgan fingerprint density at radius 2 is 1.56 bits per heavy atom. The van der Waals surface area contributed by atoms with E-state index in [0.717, 1.165) is 53.7 Å². The monoisotopic (exact) mass is 375 g/mol. The van der Waals surface area contributed by atoms with Crippen LogP contribution in [0.25, 0.3) is 0 Å². The molecule has 2 rings (SSSR count). The van der Waals surface area contributed by atoms with E-state index in [1.807, 2.05) is 13.8 Å². The molecule has 0 saturated carbocycles. The first-order valence-corrected chi connectivity index (χ1v) is 9.31. The molecule has 0 aromatic heterocycles. The standard InChI is InChI=1S/C23H28F3N/c1-16(2)22(21-15-11-6-8-12-17(21)3)18(4)27(19(5)23(24,25)26)20-13-9-7-10-14-20/h7,9-10,13-14H,4-6,8,11-12,15H2,1-3H3. The van der Waals surface area contributed by atoms with E-state index < -0.39 is 11.9 Å². The van der Waals surface area contributed by atoms with Crippen molar-refractivity contribution in [2.45, 2.75) is 59.1 Å². The Morgan fingerprint density at radius 1 is 0.963 bits per heavy atom. The van der Waals surface area contributed by atoms with Crippen molar-refractivity contribution in [2.75, 3.05) is 4.90 Å². The van der Waals surface area contributed by atoms with Crippen LogP contribution >= 0.6 is 0 Å². The van der Waals surface area contributed by atoms with E-state index in [4.69, 9.17) is 0 Å². The molecule has 146 valence electrons. The highest BCUT2D eigenvalue weighted by atomic mass is 19.4. The normalized spacial score (nSPS) is 15.2. The number of hydrogen-bond donors (Lipinski definition) is 0. The van der Waals surface area contributed by atoms with Crippen molar-refractivity contribution in [3.8, 4) is 0 Å².